The molecule has 356 valence electrons. The Kier molecular flexibility index (Phi) is 21.9. The molecule has 0 aliphatic heterocycles. The number of hydrogen-bond donors (Lipinski definition) is 12. The van der Waals surface area contributed by atoms with Crippen molar-refractivity contribution in [3.8, 4) is 0 Å². The molecule has 14 N–H and O–H groups in total. The van der Waals surface area contributed by atoms with Crippen LogP contribution in [-0.4, -0.2) is 135 Å². The van der Waals surface area contributed by atoms with Crippen molar-refractivity contribution in [2.24, 2.45) is 17.4 Å². The van der Waals surface area contributed by atoms with E-state index in [1.807, 2.05) is 0 Å². The summed E-state index contributed by atoms with van der Waals surface area (Å²) in [7, 11) is 0. The van der Waals surface area contributed by atoms with Gasteiger partial charge in [0.25, 0.3) is 0 Å². The second-order valence-corrected chi connectivity index (χ2v) is 17.0. The topological polar surface area (TPSA) is 337 Å². The number of rotatable bonds is 28. The Morgan fingerprint density at radius 2 is 1.22 bits per heavy atom. The number of fused-ring (bicyclic) bond motifs is 1. The summed E-state index contributed by atoms with van der Waals surface area (Å²) < 4.78 is 0. The summed E-state index contributed by atoms with van der Waals surface area (Å²) >= 11 is 1.34. The predicted molar refractivity (Wildman–Crippen MR) is 244 cm³/mol. The highest BCUT2D eigenvalue weighted by molar-refractivity contribution is 7.98. The van der Waals surface area contributed by atoms with Gasteiger partial charge in [0, 0.05) is 29.9 Å². The van der Waals surface area contributed by atoms with E-state index in [1.54, 1.807) is 80.9 Å². The van der Waals surface area contributed by atoms with Gasteiger partial charge in [-0.2, -0.15) is 11.8 Å². The van der Waals surface area contributed by atoms with Crippen molar-refractivity contribution in [2.45, 2.75) is 114 Å². The molecule has 0 spiro atoms. The number of H-pyrrole nitrogens is 1. The Labute approximate surface area is 381 Å². The zero-order valence-electron chi connectivity index (χ0n) is 37.0. The number of carboxylic acids is 2. The zero-order valence-corrected chi connectivity index (χ0v) is 37.8. The summed E-state index contributed by atoms with van der Waals surface area (Å²) in [5.41, 5.74) is 13.7. The van der Waals surface area contributed by atoms with Crippen LogP contribution in [0.5, 0.6) is 0 Å². The normalized spacial score (nSPS) is 15.0. The number of benzene rings is 2. The Balaban J connectivity index is 1.86. The van der Waals surface area contributed by atoms with Crippen molar-refractivity contribution in [1.29, 1.82) is 0 Å². The van der Waals surface area contributed by atoms with Crippen molar-refractivity contribution in [1.82, 2.24) is 36.9 Å². The summed E-state index contributed by atoms with van der Waals surface area (Å²) in [5.74, 6) is -8.49. The molecule has 0 unspecified atom stereocenters. The fraction of sp³-hybridized carbons (Fsp3) is 0.500. The lowest BCUT2D eigenvalue weighted by molar-refractivity contribution is -0.143. The van der Waals surface area contributed by atoms with E-state index >= 15 is 0 Å². The summed E-state index contributed by atoms with van der Waals surface area (Å²) in [4.78, 5) is 109. The summed E-state index contributed by atoms with van der Waals surface area (Å²) in [6.45, 7) is 4.75. The number of nitrogens with one attached hydrogen (secondary N) is 7. The van der Waals surface area contributed by atoms with Gasteiger partial charge in [-0.05, 0) is 67.9 Å². The van der Waals surface area contributed by atoms with Crippen molar-refractivity contribution >= 4 is 70.0 Å². The van der Waals surface area contributed by atoms with Crippen LogP contribution < -0.4 is 43.4 Å². The Hall–Kier alpha value is -6.03. The lowest BCUT2D eigenvalue weighted by Gasteiger charge is -2.28. The lowest BCUT2D eigenvalue weighted by Crippen LogP contribution is -2.62. The molecule has 6 amide bonds. The number of aliphatic carboxylic acids is 2. The average molecular weight is 926 g/mol. The first-order chi connectivity index (χ1) is 30.9. The largest absolute Gasteiger partial charge is 0.481 e. The van der Waals surface area contributed by atoms with Gasteiger partial charge in [0.1, 0.15) is 36.3 Å². The molecule has 0 fully saturated rings. The molecule has 1 aromatic heterocycles. The van der Waals surface area contributed by atoms with Crippen molar-refractivity contribution in [3.05, 3.63) is 71.9 Å². The minimum Gasteiger partial charge on any atom is -0.481 e. The average Bonchev–Trinajstić information content (AvgIpc) is 3.67. The van der Waals surface area contributed by atoms with Crippen LogP contribution in [0.1, 0.15) is 64.0 Å². The number of aliphatic hydroxyl groups is 1. The molecule has 0 aliphatic rings. The zero-order chi connectivity index (χ0) is 48.2. The number of aliphatic hydroxyl groups excluding tert-OH is 1. The standard InChI is InChI=1S/C44H63N9O11S/c1-24(2)36(44(63)64)52-41(60)33(21-27-23-47-30-16-9-8-14-28(27)30)51-43(62)37(25(3)54)53-42(61)34(22-35(55)56)50-39(58)31(17-19-65-4)48-40(59)32(20-26-12-6-5-7-13-26)49-38(57)29(46)15-10-11-18-45/h5-9,12-14,16,23-25,29,31-34,36-37,47,54H,10-11,15,17-22,45-46H2,1-4H3,(H,48,59)(H,49,57)(H,50,58)(H,51,62)(H,52,60)(H,53,61)(H,55,56)(H,63,64)/t25-,29+,31+,32+,33+,34+,36+,37+/m1/s1. The van der Waals surface area contributed by atoms with Gasteiger partial charge >= 0.3 is 11.9 Å². The number of amides is 6. The maximum Gasteiger partial charge on any atom is 0.326 e. The first-order valence-corrected chi connectivity index (χ1v) is 22.7. The molecule has 0 bridgehead atoms. The van der Waals surface area contributed by atoms with E-state index in [0.29, 0.717) is 48.1 Å². The van der Waals surface area contributed by atoms with E-state index < -0.39 is 108 Å². The number of carboxylic acid groups (broad SMARTS) is 2. The Bertz CT molecular complexity index is 2080. The van der Waals surface area contributed by atoms with Crippen LogP contribution in [0.4, 0.5) is 0 Å². The fourth-order valence-electron chi connectivity index (χ4n) is 6.83. The molecule has 0 saturated carbocycles. The van der Waals surface area contributed by atoms with Gasteiger partial charge < -0.3 is 63.7 Å². The van der Waals surface area contributed by atoms with Gasteiger partial charge in [0.05, 0.1) is 18.6 Å². The molecule has 3 rings (SSSR count). The van der Waals surface area contributed by atoms with Gasteiger partial charge in [-0.3, -0.25) is 33.6 Å². The maximum absolute atomic E-state index is 13.9. The van der Waals surface area contributed by atoms with Crippen LogP contribution in [-0.2, 0) is 51.2 Å². The van der Waals surface area contributed by atoms with Crippen molar-refractivity contribution < 1.29 is 53.7 Å². The molecular formula is C44H63N9O11S. The number of aromatic amines is 1. The number of carbonyl (C=O) groups excluding carboxylic acids is 6. The van der Waals surface area contributed by atoms with Crippen LogP contribution in [0, 0.1) is 5.92 Å². The second kappa shape index (κ2) is 26.7. The summed E-state index contributed by atoms with van der Waals surface area (Å²) in [6.07, 6.45) is 2.20. The third-order valence-corrected chi connectivity index (χ3v) is 11.1. The predicted octanol–water partition coefficient (Wildman–Crippen LogP) is -0.333. The monoisotopic (exact) mass is 925 g/mol. The highest BCUT2D eigenvalue weighted by atomic mass is 32.2. The maximum atomic E-state index is 13.9. The minimum absolute atomic E-state index is 0.0168. The highest BCUT2D eigenvalue weighted by Gasteiger charge is 2.36. The molecule has 2 aromatic carbocycles. The molecule has 65 heavy (non-hydrogen) atoms. The van der Waals surface area contributed by atoms with E-state index in [-0.39, 0.29) is 19.3 Å². The Morgan fingerprint density at radius 1 is 0.662 bits per heavy atom. The van der Waals surface area contributed by atoms with E-state index in [0.717, 1.165) is 12.4 Å². The van der Waals surface area contributed by atoms with Gasteiger partial charge in [0.2, 0.25) is 35.4 Å². The van der Waals surface area contributed by atoms with Crippen LogP contribution in [0.15, 0.2) is 60.8 Å². The van der Waals surface area contributed by atoms with Crippen LogP contribution in [0.25, 0.3) is 10.9 Å². The number of thioether (sulfide) groups is 1. The fourth-order valence-corrected chi connectivity index (χ4v) is 7.30. The molecule has 0 aliphatic carbocycles. The number of hydrogen-bond acceptors (Lipinski definition) is 12. The number of carbonyl (C=O) groups is 8. The van der Waals surface area contributed by atoms with Crippen molar-refractivity contribution in [3.63, 3.8) is 0 Å². The molecule has 3 aromatic rings. The quantitative estimate of drug-likeness (QED) is 0.0415. The molecule has 21 heteroatoms. The molecule has 20 nitrogen and oxygen atoms in total. The van der Waals surface area contributed by atoms with Gasteiger partial charge in [-0.25, -0.2) is 4.79 Å². The first kappa shape index (κ1) is 53.3. The summed E-state index contributed by atoms with van der Waals surface area (Å²) in [5, 5.41) is 45.9. The third kappa shape index (κ3) is 17.1. The number of unbranched alkanes of at least 4 members (excludes halogenated alkanes) is 1. The molecule has 0 radical (unpaired) electrons. The SMILES string of the molecule is CSCC[C@H](NC(=O)[C@H](Cc1ccccc1)NC(=O)[C@@H](N)CCCCN)C(=O)N[C@@H](CC(=O)O)C(=O)N[C@H](C(=O)N[C@@H](Cc1c[nH]c2ccccc12)C(=O)N[C@H](C(=O)O)C(C)C)[C@@H](C)O. The van der Waals surface area contributed by atoms with Gasteiger partial charge in [-0.15, -0.1) is 0 Å². The van der Waals surface area contributed by atoms with Crippen LogP contribution in [0.2, 0.25) is 0 Å². The molecule has 0 saturated heterocycles. The van der Waals surface area contributed by atoms with Gasteiger partial charge in [0.15, 0.2) is 0 Å². The van der Waals surface area contributed by atoms with Crippen molar-refractivity contribution in [2.75, 3.05) is 18.6 Å². The lowest BCUT2D eigenvalue weighted by atomic mass is 10.0. The molecular weight excluding hydrogens is 863 g/mol. The van der Waals surface area contributed by atoms with E-state index in [9.17, 15) is 53.7 Å². The van der Waals surface area contributed by atoms with Crippen LogP contribution >= 0.6 is 11.8 Å². The number of para-hydroxylation sites is 1. The number of aromatic nitrogens is 1. The minimum atomic E-state index is -1.85. The van der Waals surface area contributed by atoms with E-state index in [1.165, 1.54) is 11.8 Å². The van der Waals surface area contributed by atoms with E-state index in [2.05, 4.69) is 36.9 Å². The number of nitrogens with two attached hydrogens (primary N) is 2. The third-order valence-electron chi connectivity index (χ3n) is 10.5. The Morgan fingerprint density at radius 3 is 1.83 bits per heavy atom. The first-order valence-electron chi connectivity index (χ1n) is 21.3. The summed E-state index contributed by atoms with van der Waals surface area (Å²) in [6, 6.07) is 6.03. The molecule has 8 atom stereocenters. The molecule has 1 heterocycles. The van der Waals surface area contributed by atoms with Crippen LogP contribution in [0.3, 0.4) is 0 Å². The van der Waals surface area contributed by atoms with Gasteiger partial charge in [-0.1, -0.05) is 68.8 Å². The highest BCUT2D eigenvalue weighted by Crippen LogP contribution is 2.20. The van der Waals surface area contributed by atoms with E-state index in [4.69, 9.17) is 11.5 Å². The second-order valence-electron chi connectivity index (χ2n) is 16.1. The smallest absolute Gasteiger partial charge is 0.326 e.